The first-order valence-corrected chi connectivity index (χ1v) is 12.2. The fraction of sp³-hybridized carbons (Fsp3) is 0.450. The number of thiophene rings is 1. The maximum atomic E-state index is 12.9. The molecule has 2 aliphatic rings. The highest BCUT2D eigenvalue weighted by Crippen LogP contribution is 2.22. The molecule has 2 aliphatic heterocycles. The fourth-order valence-corrected chi connectivity index (χ4v) is 6.17. The topological polar surface area (TPSA) is 62.1 Å². The number of quaternary nitrogens is 1. The number of hydrogen-bond donors (Lipinski definition) is 1. The van der Waals surface area contributed by atoms with Crippen molar-refractivity contribution < 1.29 is 18.1 Å². The minimum absolute atomic E-state index is 0.0759. The van der Waals surface area contributed by atoms with Gasteiger partial charge in [-0.1, -0.05) is 6.07 Å². The van der Waals surface area contributed by atoms with Gasteiger partial charge in [0.1, 0.15) is 6.54 Å². The van der Waals surface area contributed by atoms with Gasteiger partial charge in [0.05, 0.1) is 31.1 Å². The van der Waals surface area contributed by atoms with Gasteiger partial charge in [0.15, 0.2) is 0 Å². The smallest absolute Gasteiger partial charge is 0.254 e. The molecule has 0 radical (unpaired) electrons. The van der Waals surface area contributed by atoms with Gasteiger partial charge >= 0.3 is 0 Å². The van der Waals surface area contributed by atoms with Crippen molar-refractivity contribution in [3.8, 4) is 0 Å². The minimum atomic E-state index is -3.50. The highest BCUT2D eigenvalue weighted by molar-refractivity contribution is 7.89. The van der Waals surface area contributed by atoms with Crippen molar-refractivity contribution in [2.45, 2.75) is 24.3 Å². The molecule has 28 heavy (non-hydrogen) atoms. The predicted molar refractivity (Wildman–Crippen MR) is 109 cm³/mol. The monoisotopic (exact) mass is 420 g/mol. The molecule has 1 aromatic heterocycles. The molecule has 0 atom stereocenters. The molecule has 0 aliphatic carbocycles. The zero-order chi connectivity index (χ0) is 19.6. The standard InChI is InChI=1S/C20H25N3O3S2/c24-20(22-11-9-21(10-12-22)15-17-6-13-27-16-17)18-4-3-5-19(14-18)28(25,26)23-7-1-2-8-23/h3-6,13-14,16H,1-2,7-12,15H2/p+1. The normalized spacial score (nSPS) is 19.2. The van der Waals surface area contributed by atoms with Crippen molar-refractivity contribution in [3.63, 3.8) is 0 Å². The first kappa shape index (κ1) is 19.6. The van der Waals surface area contributed by atoms with Crippen LogP contribution in [0.3, 0.4) is 0 Å². The number of piperazine rings is 1. The van der Waals surface area contributed by atoms with Crippen LogP contribution in [0.25, 0.3) is 0 Å². The van der Waals surface area contributed by atoms with Gasteiger partial charge in [-0.3, -0.25) is 4.79 Å². The third kappa shape index (κ3) is 4.15. The maximum absolute atomic E-state index is 12.9. The Hall–Kier alpha value is -1.74. The van der Waals surface area contributed by atoms with Crippen LogP contribution >= 0.6 is 11.3 Å². The molecule has 0 unspecified atom stereocenters. The van der Waals surface area contributed by atoms with Gasteiger partial charge in [-0.25, -0.2) is 8.42 Å². The SMILES string of the molecule is O=C(c1cccc(S(=O)(=O)N2CCCC2)c1)N1CC[NH+](Cc2ccsc2)CC1. The van der Waals surface area contributed by atoms with Crippen LogP contribution in [0.2, 0.25) is 0 Å². The van der Waals surface area contributed by atoms with Crippen molar-refractivity contribution in [1.29, 1.82) is 0 Å². The third-order valence-corrected chi connectivity index (χ3v) is 8.20. The summed E-state index contributed by atoms with van der Waals surface area (Å²) in [7, 11) is -3.50. The third-order valence-electron chi connectivity index (χ3n) is 5.58. The molecular formula is C20H26N3O3S2+. The van der Waals surface area contributed by atoms with Gasteiger partial charge < -0.3 is 9.80 Å². The molecule has 150 valence electrons. The Morgan fingerprint density at radius 2 is 1.82 bits per heavy atom. The molecule has 3 heterocycles. The Balaban J connectivity index is 1.41. The second-order valence-electron chi connectivity index (χ2n) is 7.49. The summed E-state index contributed by atoms with van der Waals surface area (Å²) in [5.41, 5.74) is 1.81. The molecule has 2 fully saturated rings. The highest BCUT2D eigenvalue weighted by Gasteiger charge is 2.29. The molecule has 8 heteroatoms. The van der Waals surface area contributed by atoms with E-state index in [4.69, 9.17) is 0 Å². The molecule has 0 spiro atoms. The summed E-state index contributed by atoms with van der Waals surface area (Å²) in [5.74, 6) is -0.0759. The largest absolute Gasteiger partial charge is 0.328 e. The van der Waals surface area contributed by atoms with Crippen molar-refractivity contribution in [2.24, 2.45) is 0 Å². The first-order chi connectivity index (χ1) is 13.5. The zero-order valence-electron chi connectivity index (χ0n) is 15.8. The number of sulfonamides is 1. The number of rotatable bonds is 5. The minimum Gasteiger partial charge on any atom is -0.328 e. The van der Waals surface area contributed by atoms with E-state index in [1.807, 2.05) is 4.90 Å². The zero-order valence-corrected chi connectivity index (χ0v) is 17.5. The Kier molecular flexibility index (Phi) is 5.82. The van der Waals surface area contributed by atoms with E-state index in [0.717, 1.165) is 32.5 Å². The second-order valence-corrected chi connectivity index (χ2v) is 10.2. The Bertz CT molecular complexity index is 914. The van der Waals surface area contributed by atoms with Crippen LogP contribution in [0.15, 0.2) is 46.0 Å². The number of carbonyl (C=O) groups is 1. The van der Waals surface area contributed by atoms with Gasteiger partial charge in [0.25, 0.3) is 5.91 Å². The van der Waals surface area contributed by atoms with Crippen LogP contribution in [0.5, 0.6) is 0 Å². The van der Waals surface area contributed by atoms with E-state index in [9.17, 15) is 13.2 Å². The summed E-state index contributed by atoms with van der Waals surface area (Å²) in [6.07, 6.45) is 1.80. The lowest BCUT2D eigenvalue weighted by Gasteiger charge is -2.32. The molecule has 4 rings (SSSR count). The molecule has 2 aromatic rings. The number of nitrogens with zero attached hydrogens (tertiary/aromatic N) is 2. The van der Waals surface area contributed by atoms with Gasteiger partial charge in [0, 0.05) is 24.2 Å². The van der Waals surface area contributed by atoms with Crippen LogP contribution in [-0.2, 0) is 16.6 Å². The summed E-state index contributed by atoms with van der Waals surface area (Å²) < 4.78 is 27.1. The fourth-order valence-electron chi connectivity index (χ4n) is 3.93. The lowest BCUT2D eigenvalue weighted by atomic mass is 10.1. The van der Waals surface area contributed by atoms with E-state index < -0.39 is 10.0 Å². The maximum Gasteiger partial charge on any atom is 0.254 e. The quantitative estimate of drug-likeness (QED) is 0.787. The van der Waals surface area contributed by atoms with Crippen LogP contribution in [0, 0.1) is 0 Å². The summed E-state index contributed by atoms with van der Waals surface area (Å²) >= 11 is 1.71. The molecule has 0 saturated carbocycles. The average Bonchev–Trinajstić information content (AvgIpc) is 3.43. The number of amides is 1. The Labute approximate surface area is 170 Å². The number of carbonyl (C=O) groups excluding carboxylic acids is 1. The Morgan fingerprint density at radius 1 is 1.07 bits per heavy atom. The van der Waals surface area contributed by atoms with Crippen LogP contribution in [-0.4, -0.2) is 62.8 Å². The van der Waals surface area contributed by atoms with E-state index in [1.54, 1.807) is 35.6 Å². The molecular weight excluding hydrogens is 394 g/mol. The average molecular weight is 421 g/mol. The van der Waals surface area contributed by atoms with Crippen molar-refractivity contribution in [1.82, 2.24) is 9.21 Å². The summed E-state index contributed by atoms with van der Waals surface area (Å²) in [6, 6.07) is 8.68. The second kappa shape index (κ2) is 8.32. The Morgan fingerprint density at radius 3 is 2.50 bits per heavy atom. The molecule has 0 bridgehead atoms. The summed E-state index contributed by atoms with van der Waals surface area (Å²) in [5, 5.41) is 4.27. The molecule has 1 aromatic carbocycles. The van der Waals surface area contributed by atoms with Gasteiger partial charge in [-0.15, -0.1) is 0 Å². The van der Waals surface area contributed by atoms with Crippen LogP contribution < -0.4 is 4.90 Å². The molecule has 6 nitrogen and oxygen atoms in total. The van der Waals surface area contributed by atoms with E-state index in [1.165, 1.54) is 14.8 Å². The predicted octanol–water partition coefficient (Wildman–Crippen LogP) is 1.07. The van der Waals surface area contributed by atoms with E-state index >= 15 is 0 Å². The van der Waals surface area contributed by atoms with Gasteiger partial charge in [-0.2, -0.15) is 15.6 Å². The lowest BCUT2D eigenvalue weighted by molar-refractivity contribution is -0.917. The summed E-state index contributed by atoms with van der Waals surface area (Å²) in [6.45, 7) is 5.34. The van der Waals surface area contributed by atoms with Gasteiger partial charge in [0.2, 0.25) is 10.0 Å². The van der Waals surface area contributed by atoms with Crippen molar-refractivity contribution >= 4 is 27.3 Å². The number of hydrogen-bond acceptors (Lipinski definition) is 4. The molecule has 1 amide bonds. The summed E-state index contributed by atoms with van der Waals surface area (Å²) in [4.78, 5) is 16.5. The van der Waals surface area contributed by atoms with E-state index in [2.05, 4.69) is 16.8 Å². The van der Waals surface area contributed by atoms with Crippen molar-refractivity contribution in [2.75, 3.05) is 39.3 Å². The van der Waals surface area contributed by atoms with Gasteiger partial charge in [-0.05, 0) is 47.9 Å². The van der Waals surface area contributed by atoms with Crippen LogP contribution in [0.4, 0.5) is 0 Å². The number of benzene rings is 1. The highest BCUT2D eigenvalue weighted by atomic mass is 32.2. The lowest BCUT2D eigenvalue weighted by Crippen LogP contribution is -3.13. The number of nitrogens with one attached hydrogen (secondary N) is 1. The van der Waals surface area contributed by atoms with Crippen molar-refractivity contribution in [3.05, 3.63) is 52.2 Å². The molecule has 2 saturated heterocycles. The van der Waals surface area contributed by atoms with E-state index in [0.29, 0.717) is 31.7 Å². The van der Waals surface area contributed by atoms with E-state index in [-0.39, 0.29) is 10.8 Å². The molecule has 1 N–H and O–H groups in total. The van der Waals surface area contributed by atoms with Crippen LogP contribution in [0.1, 0.15) is 28.8 Å². The first-order valence-electron chi connectivity index (χ1n) is 9.78.